The summed E-state index contributed by atoms with van der Waals surface area (Å²) in [6, 6.07) is 7.84. The first-order chi connectivity index (χ1) is 9.56. The molecule has 0 radical (unpaired) electrons. The van der Waals surface area contributed by atoms with E-state index in [0.717, 1.165) is 17.7 Å². The van der Waals surface area contributed by atoms with Gasteiger partial charge in [-0.2, -0.15) is 0 Å². The molecule has 0 aliphatic heterocycles. The molecule has 1 atom stereocenters. The summed E-state index contributed by atoms with van der Waals surface area (Å²) in [6.07, 6.45) is 0.301. The quantitative estimate of drug-likeness (QED) is 0.744. The second kappa shape index (κ2) is 8.59. The van der Waals surface area contributed by atoms with Gasteiger partial charge in [-0.05, 0) is 30.9 Å². The molecular formula is C16H25NO3. The highest BCUT2D eigenvalue weighted by atomic mass is 16.5. The number of hydrogen-bond donors (Lipinski definition) is 1. The fraction of sp³-hybridized carbons (Fsp3) is 0.562. The third kappa shape index (κ3) is 5.21. The van der Waals surface area contributed by atoms with Crippen LogP contribution < -0.4 is 10.1 Å². The lowest BCUT2D eigenvalue weighted by Gasteiger charge is -2.18. The zero-order valence-corrected chi connectivity index (χ0v) is 12.8. The van der Waals surface area contributed by atoms with Crippen molar-refractivity contribution in [1.82, 2.24) is 5.32 Å². The zero-order valence-electron chi connectivity index (χ0n) is 12.8. The standard InChI is InChI=1S/C16H25NO3/c1-12(2)14-8-5-6-9-15(14)20-13(3)16(18)17-10-7-11-19-4/h5-6,8-9,12-13H,7,10-11H2,1-4H3,(H,17,18)/t13-/m1/s1. The third-order valence-electron chi connectivity index (χ3n) is 3.04. The first-order valence-corrected chi connectivity index (χ1v) is 7.08. The zero-order chi connectivity index (χ0) is 15.0. The van der Waals surface area contributed by atoms with E-state index in [0.29, 0.717) is 19.1 Å². The number of para-hydroxylation sites is 1. The van der Waals surface area contributed by atoms with E-state index in [-0.39, 0.29) is 5.91 Å². The molecular weight excluding hydrogens is 254 g/mol. The van der Waals surface area contributed by atoms with Crippen molar-refractivity contribution in [2.45, 2.75) is 39.2 Å². The van der Waals surface area contributed by atoms with Gasteiger partial charge in [-0.3, -0.25) is 4.79 Å². The van der Waals surface area contributed by atoms with Gasteiger partial charge < -0.3 is 14.8 Å². The summed E-state index contributed by atoms with van der Waals surface area (Å²) in [5, 5.41) is 2.84. The number of benzene rings is 1. The Hall–Kier alpha value is -1.55. The predicted octanol–water partition coefficient (Wildman–Crippen LogP) is 2.73. The number of nitrogens with one attached hydrogen (secondary N) is 1. The van der Waals surface area contributed by atoms with Crippen molar-refractivity contribution < 1.29 is 14.3 Å². The van der Waals surface area contributed by atoms with Gasteiger partial charge in [-0.25, -0.2) is 0 Å². The molecule has 1 rings (SSSR count). The largest absolute Gasteiger partial charge is 0.481 e. The van der Waals surface area contributed by atoms with Gasteiger partial charge in [0.2, 0.25) is 0 Å². The number of rotatable bonds is 8. The molecule has 0 heterocycles. The van der Waals surface area contributed by atoms with E-state index in [1.165, 1.54) is 0 Å². The van der Waals surface area contributed by atoms with Crippen molar-refractivity contribution >= 4 is 5.91 Å². The summed E-state index contributed by atoms with van der Waals surface area (Å²) in [5.41, 5.74) is 1.12. The molecule has 1 aromatic carbocycles. The Kier molecular flexibility index (Phi) is 7.09. The van der Waals surface area contributed by atoms with Crippen LogP contribution in [0.15, 0.2) is 24.3 Å². The van der Waals surface area contributed by atoms with E-state index >= 15 is 0 Å². The van der Waals surface area contributed by atoms with Gasteiger partial charge in [0.1, 0.15) is 5.75 Å². The molecule has 112 valence electrons. The van der Waals surface area contributed by atoms with Crippen molar-refractivity contribution in [3.63, 3.8) is 0 Å². The maximum Gasteiger partial charge on any atom is 0.260 e. The van der Waals surface area contributed by atoms with Gasteiger partial charge in [0.25, 0.3) is 5.91 Å². The topological polar surface area (TPSA) is 47.6 Å². The monoisotopic (exact) mass is 279 g/mol. The van der Waals surface area contributed by atoms with Crippen molar-refractivity contribution in [3.8, 4) is 5.75 Å². The second-order valence-electron chi connectivity index (χ2n) is 5.09. The maximum atomic E-state index is 11.9. The summed E-state index contributed by atoms with van der Waals surface area (Å²) in [6.45, 7) is 7.23. The molecule has 1 amide bonds. The van der Waals surface area contributed by atoms with Crippen molar-refractivity contribution in [3.05, 3.63) is 29.8 Å². The lowest BCUT2D eigenvalue weighted by atomic mass is 10.0. The van der Waals surface area contributed by atoms with E-state index in [4.69, 9.17) is 9.47 Å². The third-order valence-corrected chi connectivity index (χ3v) is 3.04. The lowest BCUT2D eigenvalue weighted by molar-refractivity contribution is -0.127. The van der Waals surface area contributed by atoms with Gasteiger partial charge >= 0.3 is 0 Å². The summed E-state index contributed by atoms with van der Waals surface area (Å²) in [5.74, 6) is 1.05. The molecule has 0 saturated heterocycles. The molecule has 4 nitrogen and oxygen atoms in total. The second-order valence-corrected chi connectivity index (χ2v) is 5.09. The number of hydrogen-bond acceptors (Lipinski definition) is 3. The van der Waals surface area contributed by atoms with Crippen LogP contribution in [0, 0.1) is 0 Å². The van der Waals surface area contributed by atoms with Gasteiger partial charge in [0, 0.05) is 20.3 Å². The van der Waals surface area contributed by atoms with E-state index in [9.17, 15) is 4.79 Å². The average molecular weight is 279 g/mol. The Bertz CT molecular complexity index is 418. The Morgan fingerprint density at radius 1 is 1.25 bits per heavy atom. The fourth-order valence-electron chi connectivity index (χ4n) is 1.88. The first kappa shape index (κ1) is 16.5. The number of amides is 1. The molecule has 1 aromatic rings. The molecule has 20 heavy (non-hydrogen) atoms. The number of methoxy groups -OCH3 is 1. The maximum absolute atomic E-state index is 11.9. The van der Waals surface area contributed by atoms with Crippen LogP contribution in [0.4, 0.5) is 0 Å². The Balaban J connectivity index is 2.53. The first-order valence-electron chi connectivity index (χ1n) is 7.08. The van der Waals surface area contributed by atoms with Gasteiger partial charge in [-0.1, -0.05) is 32.0 Å². The minimum absolute atomic E-state index is 0.0975. The highest BCUT2D eigenvalue weighted by molar-refractivity contribution is 5.80. The van der Waals surface area contributed by atoms with Crippen LogP contribution in [0.1, 0.15) is 38.7 Å². The van der Waals surface area contributed by atoms with Crippen molar-refractivity contribution in [1.29, 1.82) is 0 Å². The van der Waals surface area contributed by atoms with Crippen LogP contribution in [-0.4, -0.2) is 32.3 Å². The lowest BCUT2D eigenvalue weighted by Crippen LogP contribution is -2.37. The number of carbonyl (C=O) groups is 1. The Labute approximate surface area is 121 Å². The van der Waals surface area contributed by atoms with E-state index in [2.05, 4.69) is 19.2 Å². The summed E-state index contributed by atoms with van der Waals surface area (Å²) >= 11 is 0. The van der Waals surface area contributed by atoms with Crippen molar-refractivity contribution in [2.75, 3.05) is 20.3 Å². The molecule has 1 N–H and O–H groups in total. The smallest absolute Gasteiger partial charge is 0.260 e. The van der Waals surface area contributed by atoms with Crippen LogP contribution >= 0.6 is 0 Å². The number of ether oxygens (including phenoxy) is 2. The van der Waals surface area contributed by atoms with E-state index in [1.54, 1.807) is 14.0 Å². The molecule has 0 unspecified atom stereocenters. The van der Waals surface area contributed by atoms with Crippen LogP contribution in [0.25, 0.3) is 0 Å². The van der Waals surface area contributed by atoms with Gasteiger partial charge in [-0.15, -0.1) is 0 Å². The summed E-state index contributed by atoms with van der Waals surface area (Å²) < 4.78 is 10.7. The normalized spacial score (nSPS) is 12.2. The molecule has 0 aromatic heterocycles. The molecule has 0 fully saturated rings. The average Bonchev–Trinajstić information content (AvgIpc) is 2.43. The molecule has 0 spiro atoms. The minimum atomic E-state index is -0.502. The van der Waals surface area contributed by atoms with E-state index < -0.39 is 6.10 Å². The summed E-state index contributed by atoms with van der Waals surface area (Å²) in [7, 11) is 1.65. The van der Waals surface area contributed by atoms with Crippen LogP contribution in [-0.2, 0) is 9.53 Å². The molecule has 0 bridgehead atoms. The van der Waals surface area contributed by atoms with Crippen LogP contribution in [0.3, 0.4) is 0 Å². The Morgan fingerprint density at radius 2 is 1.95 bits per heavy atom. The summed E-state index contributed by atoms with van der Waals surface area (Å²) in [4.78, 5) is 11.9. The molecule has 0 saturated carbocycles. The van der Waals surface area contributed by atoms with Crippen LogP contribution in [0.2, 0.25) is 0 Å². The Morgan fingerprint density at radius 3 is 2.60 bits per heavy atom. The minimum Gasteiger partial charge on any atom is -0.481 e. The van der Waals surface area contributed by atoms with Gasteiger partial charge in [0.05, 0.1) is 0 Å². The molecule has 4 heteroatoms. The number of carbonyl (C=O) groups excluding carboxylic acids is 1. The highest BCUT2D eigenvalue weighted by Gasteiger charge is 2.16. The SMILES string of the molecule is COCCCNC(=O)[C@@H](C)Oc1ccccc1C(C)C. The predicted molar refractivity (Wildman–Crippen MR) is 80.1 cm³/mol. The fourth-order valence-corrected chi connectivity index (χ4v) is 1.88. The van der Waals surface area contributed by atoms with E-state index in [1.807, 2.05) is 24.3 Å². The highest BCUT2D eigenvalue weighted by Crippen LogP contribution is 2.26. The van der Waals surface area contributed by atoms with Crippen LogP contribution in [0.5, 0.6) is 5.75 Å². The van der Waals surface area contributed by atoms with Gasteiger partial charge in [0.15, 0.2) is 6.10 Å². The van der Waals surface area contributed by atoms with Crippen molar-refractivity contribution in [2.24, 2.45) is 0 Å². The molecule has 0 aliphatic rings. The molecule has 0 aliphatic carbocycles.